The number of nitrogens with zero attached hydrogens (tertiary/aromatic N) is 2. The van der Waals surface area contributed by atoms with Crippen molar-refractivity contribution < 1.29 is 4.74 Å². The highest BCUT2D eigenvalue weighted by molar-refractivity contribution is 5.85. The summed E-state index contributed by atoms with van der Waals surface area (Å²) >= 11 is 0. The second kappa shape index (κ2) is 7.27. The number of rotatable bonds is 5. The normalized spacial score (nSPS) is 23.7. The van der Waals surface area contributed by atoms with Crippen molar-refractivity contribution in [3.8, 4) is 0 Å². The van der Waals surface area contributed by atoms with Crippen molar-refractivity contribution in [2.75, 3.05) is 13.2 Å². The predicted molar refractivity (Wildman–Crippen MR) is 77.7 cm³/mol. The van der Waals surface area contributed by atoms with Crippen LogP contribution in [0.2, 0.25) is 0 Å². The minimum atomic E-state index is 0. The Morgan fingerprint density at radius 2 is 2.11 bits per heavy atom. The Labute approximate surface area is 121 Å². The summed E-state index contributed by atoms with van der Waals surface area (Å²) in [5, 5.41) is 7.96. The van der Waals surface area contributed by atoms with Crippen molar-refractivity contribution in [1.29, 1.82) is 0 Å². The summed E-state index contributed by atoms with van der Waals surface area (Å²) in [4.78, 5) is 0. The average molecular weight is 286 g/mol. The van der Waals surface area contributed by atoms with E-state index >= 15 is 0 Å². The summed E-state index contributed by atoms with van der Waals surface area (Å²) in [7, 11) is 0. The molecule has 0 amide bonds. The van der Waals surface area contributed by atoms with Gasteiger partial charge in [0.05, 0.1) is 18.3 Å². The van der Waals surface area contributed by atoms with E-state index in [9.17, 15) is 0 Å². The van der Waals surface area contributed by atoms with E-state index < -0.39 is 0 Å². The van der Waals surface area contributed by atoms with Gasteiger partial charge in [-0.2, -0.15) is 5.10 Å². The molecule has 3 rings (SSSR count). The standard InChI is InChI=1S/C14H23N3O.ClH/c1-2-5-13(4-1)17-11-12(9-16-17)8-15-10-14-6-3-7-18-14;/h9,11,13-15H,1-8,10H2;1H. The van der Waals surface area contributed by atoms with Crippen molar-refractivity contribution >= 4 is 12.4 Å². The zero-order valence-corrected chi connectivity index (χ0v) is 12.2. The van der Waals surface area contributed by atoms with Gasteiger partial charge >= 0.3 is 0 Å². The lowest BCUT2D eigenvalue weighted by Gasteiger charge is -2.10. The van der Waals surface area contributed by atoms with Gasteiger partial charge in [0.2, 0.25) is 0 Å². The Bertz CT molecular complexity index is 371. The van der Waals surface area contributed by atoms with E-state index in [1.165, 1.54) is 44.1 Å². The Balaban J connectivity index is 0.00000133. The van der Waals surface area contributed by atoms with Gasteiger partial charge in [-0.25, -0.2) is 0 Å². The second-order valence-electron chi connectivity index (χ2n) is 5.53. The third-order valence-electron chi connectivity index (χ3n) is 4.08. The molecule has 4 nitrogen and oxygen atoms in total. The number of hydrogen-bond acceptors (Lipinski definition) is 3. The van der Waals surface area contributed by atoms with Gasteiger partial charge in [-0.3, -0.25) is 4.68 Å². The lowest BCUT2D eigenvalue weighted by Crippen LogP contribution is -2.25. The molecule has 0 radical (unpaired) electrons. The average Bonchev–Trinajstić information content (AvgIpc) is 3.12. The maximum atomic E-state index is 5.59. The van der Waals surface area contributed by atoms with Crippen LogP contribution in [0, 0.1) is 0 Å². The van der Waals surface area contributed by atoms with Crippen LogP contribution in [0.15, 0.2) is 12.4 Å². The van der Waals surface area contributed by atoms with E-state index in [2.05, 4.69) is 21.3 Å². The molecule has 0 bridgehead atoms. The lowest BCUT2D eigenvalue weighted by molar-refractivity contribution is 0.110. The van der Waals surface area contributed by atoms with Gasteiger partial charge in [-0.05, 0) is 25.7 Å². The Morgan fingerprint density at radius 1 is 1.26 bits per heavy atom. The molecule has 2 fully saturated rings. The topological polar surface area (TPSA) is 39.1 Å². The van der Waals surface area contributed by atoms with Gasteiger partial charge in [0.25, 0.3) is 0 Å². The van der Waals surface area contributed by atoms with Crippen LogP contribution in [-0.4, -0.2) is 29.0 Å². The fourth-order valence-electron chi connectivity index (χ4n) is 3.02. The van der Waals surface area contributed by atoms with Gasteiger partial charge in [-0.1, -0.05) is 12.8 Å². The molecule has 19 heavy (non-hydrogen) atoms. The van der Waals surface area contributed by atoms with Crippen LogP contribution in [0.5, 0.6) is 0 Å². The molecule has 108 valence electrons. The van der Waals surface area contributed by atoms with Crippen LogP contribution in [0.3, 0.4) is 0 Å². The van der Waals surface area contributed by atoms with Gasteiger partial charge in [0.15, 0.2) is 0 Å². The maximum absolute atomic E-state index is 5.59. The van der Waals surface area contributed by atoms with Gasteiger partial charge in [0.1, 0.15) is 0 Å². The number of halogens is 1. The molecule has 1 aromatic heterocycles. The molecule has 2 aliphatic rings. The first-order valence-electron chi connectivity index (χ1n) is 7.27. The number of nitrogens with one attached hydrogen (secondary N) is 1. The smallest absolute Gasteiger partial charge is 0.0700 e. The SMILES string of the molecule is Cl.c1nn(C2CCCC2)cc1CNCC1CCCO1. The molecule has 1 N–H and O–H groups in total. The first kappa shape index (κ1) is 14.8. The van der Waals surface area contributed by atoms with Crippen LogP contribution in [0.25, 0.3) is 0 Å². The van der Waals surface area contributed by atoms with E-state index in [0.717, 1.165) is 19.7 Å². The monoisotopic (exact) mass is 285 g/mol. The first-order valence-corrected chi connectivity index (χ1v) is 7.27. The first-order chi connectivity index (χ1) is 8.92. The van der Waals surface area contributed by atoms with E-state index in [1.54, 1.807) is 0 Å². The zero-order valence-electron chi connectivity index (χ0n) is 11.4. The van der Waals surface area contributed by atoms with Crippen LogP contribution < -0.4 is 5.32 Å². The highest BCUT2D eigenvalue weighted by Gasteiger charge is 2.18. The number of hydrogen-bond donors (Lipinski definition) is 1. The van der Waals surface area contributed by atoms with E-state index in [-0.39, 0.29) is 12.4 Å². The Hall–Kier alpha value is -0.580. The van der Waals surface area contributed by atoms with Gasteiger partial charge < -0.3 is 10.1 Å². The fraction of sp³-hybridized carbons (Fsp3) is 0.786. The molecule has 5 heteroatoms. The predicted octanol–water partition coefficient (Wildman–Crippen LogP) is 2.69. The Kier molecular flexibility index (Phi) is 5.67. The van der Waals surface area contributed by atoms with Crippen molar-refractivity contribution in [2.45, 2.75) is 57.2 Å². The second-order valence-corrected chi connectivity index (χ2v) is 5.53. The maximum Gasteiger partial charge on any atom is 0.0700 e. The van der Waals surface area contributed by atoms with Crippen LogP contribution in [0.4, 0.5) is 0 Å². The zero-order chi connectivity index (χ0) is 12.2. The quantitative estimate of drug-likeness (QED) is 0.904. The van der Waals surface area contributed by atoms with Crippen LogP contribution in [0.1, 0.15) is 50.1 Å². The molecule has 1 saturated heterocycles. The number of ether oxygens (including phenoxy) is 1. The lowest BCUT2D eigenvalue weighted by atomic mass is 10.2. The van der Waals surface area contributed by atoms with Crippen molar-refractivity contribution in [3.05, 3.63) is 18.0 Å². The molecule has 0 spiro atoms. The molecular formula is C14H24ClN3O. The van der Waals surface area contributed by atoms with E-state index in [4.69, 9.17) is 4.74 Å². The Morgan fingerprint density at radius 3 is 2.84 bits per heavy atom. The highest BCUT2D eigenvalue weighted by atomic mass is 35.5. The summed E-state index contributed by atoms with van der Waals surface area (Å²) in [6, 6.07) is 0.650. The minimum absolute atomic E-state index is 0. The molecule has 1 aromatic rings. The molecule has 1 atom stereocenters. The molecule has 0 aromatic carbocycles. The summed E-state index contributed by atoms with van der Waals surface area (Å²) in [5.41, 5.74) is 1.29. The van der Waals surface area contributed by atoms with Crippen molar-refractivity contribution in [1.82, 2.24) is 15.1 Å². The summed E-state index contributed by atoms with van der Waals surface area (Å²) in [5.74, 6) is 0. The highest BCUT2D eigenvalue weighted by Crippen LogP contribution is 2.28. The molecule has 1 aliphatic heterocycles. The third kappa shape index (κ3) is 3.94. The summed E-state index contributed by atoms with van der Waals surface area (Å²) in [6.45, 7) is 2.81. The number of aromatic nitrogens is 2. The minimum Gasteiger partial charge on any atom is -0.377 e. The third-order valence-corrected chi connectivity index (χ3v) is 4.08. The van der Waals surface area contributed by atoms with Crippen molar-refractivity contribution in [3.63, 3.8) is 0 Å². The van der Waals surface area contributed by atoms with Gasteiger partial charge in [0, 0.05) is 31.5 Å². The molecule has 1 saturated carbocycles. The van der Waals surface area contributed by atoms with E-state index in [0.29, 0.717) is 12.1 Å². The fourth-order valence-corrected chi connectivity index (χ4v) is 3.02. The van der Waals surface area contributed by atoms with Crippen LogP contribution in [-0.2, 0) is 11.3 Å². The van der Waals surface area contributed by atoms with Crippen molar-refractivity contribution in [2.24, 2.45) is 0 Å². The van der Waals surface area contributed by atoms with E-state index in [1.807, 2.05) is 6.20 Å². The van der Waals surface area contributed by atoms with Crippen LogP contribution >= 0.6 is 12.4 Å². The molecule has 2 heterocycles. The molecular weight excluding hydrogens is 262 g/mol. The molecule has 1 unspecified atom stereocenters. The molecule has 1 aliphatic carbocycles. The largest absolute Gasteiger partial charge is 0.377 e. The van der Waals surface area contributed by atoms with Gasteiger partial charge in [-0.15, -0.1) is 12.4 Å². The summed E-state index contributed by atoms with van der Waals surface area (Å²) < 4.78 is 7.76. The summed E-state index contributed by atoms with van der Waals surface area (Å²) in [6.07, 6.45) is 12.4.